The number of hydrogen-bond acceptors (Lipinski definition) is 3. The van der Waals surface area contributed by atoms with Crippen LogP contribution in [0.15, 0.2) is 6.07 Å². The second-order valence-corrected chi connectivity index (χ2v) is 7.07. The van der Waals surface area contributed by atoms with Crippen LogP contribution in [-0.2, 0) is 13.0 Å². The number of aromatic nitrogens is 2. The molecule has 1 aliphatic heterocycles. The number of thioether (sulfide) groups is 1. The van der Waals surface area contributed by atoms with Gasteiger partial charge in [0.05, 0.1) is 5.69 Å². The maximum absolute atomic E-state index is 4.57. The highest BCUT2D eigenvalue weighted by atomic mass is 32.2. The Morgan fingerprint density at radius 1 is 1.40 bits per heavy atom. The molecule has 1 unspecified atom stereocenters. The Bertz CT molecular complexity index is 396. The average Bonchev–Trinajstić information content (AvgIpc) is 2.80. The monoisotopic (exact) mass is 295 g/mol. The molecule has 3 nitrogen and oxygen atoms in total. The van der Waals surface area contributed by atoms with Gasteiger partial charge in [0.25, 0.3) is 0 Å². The van der Waals surface area contributed by atoms with E-state index in [0.29, 0.717) is 6.04 Å². The molecule has 0 radical (unpaired) electrons. The molecular formula is C16H29N3S. The van der Waals surface area contributed by atoms with Crippen molar-refractivity contribution in [3.63, 3.8) is 0 Å². The van der Waals surface area contributed by atoms with Gasteiger partial charge in [0.1, 0.15) is 0 Å². The van der Waals surface area contributed by atoms with Crippen LogP contribution in [-0.4, -0.2) is 33.9 Å². The van der Waals surface area contributed by atoms with Gasteiger partial charge < -0.3 is 5.32 Å². The van der Waals surface area contributed by atoms with Crippen LogP contribution >= 0.6 is 11.8 Å². The first kappa shape index (κ1) is 15.9. The predicted octanol–water partition coefficient (Wildman–Crippen LogP) is 3.27. The Morgan fingerprint density at radius 3 is 2.80 bits per heavy atom. The quantitative estimate of drug-likeness (QED) is 0.837. The first-order chi connectivity index (χ1) is 9.72. The molecule has 0 saturated carbocycles. The number of nitrogens with one attached hydrogen (secondary N) is 1. The number of nitrogens with zero attached hydrogens (tertiary/aromatic N) is 2. The molecule has 0 aromatic carbocycles. The number of aryl methyl sites for hydroxylation is 2. The van der Waals surface area contributed by atoms with Crippen LogP contribution in [0, 0.1) is 12.8 Å². The minimum atomic E-state index is 0.606. The maximum atomic E-state index is 4.57. The first-order valence-electron chi connectivity index (χ1n) is 8.07. The van der Waals surface area contributed by atoms with Crippen molar-refractivity contribution < 1.29 is 0 Å². The molecule has 0 amide bonds. The van der Waals surface area contributed by atoms with E-state index in [1.807, 2.05) is 0 Å². The predicted molar refractivity (Wildman–Crippen MR) is 88.5 cm³/mol. The van der Waals surface area contributed by atoms with Gasteiger partial charge >= 0.3 is 0 Å². The van der Waals surface area contributed by atoms with E-state index in [-0.39, 0.29) is 0 Å². The largest absolute Gasteiger partial charge is 0.314 e. The molecule has 1 aromatic heterocycles. The molecule has 1 aliphatic rings. The summed E-state index contributed by atoms with van der Waals surface area (Å²) in [6.07, 6.45) is 5.24. The maximum Gasteiger partial charge on any atom is 0.0596 e. The number of likely N-dealkylation sites (N-methyl/N-ethyl adjacent to an activating group) is 1. The molecule has 1 fully saturated rings. The highest BCUT2D eigenvalue weighted by Gasteiger charge is 2.20. The summed E-state index contributed by atoms with van der Waals surface area (Å²) in [5.74, 6) is 3.63. The molecule has 0 bridgehead atoms. The van der Waals surface area contributed by atoms with Gasteiger partial charge in [-0.15, -0.1) is 0 Å². The first-order valence-corrected chi connectivity index (χ1v) is 9.22. The molecule has 1 atom stereocenters. The van der Waals surface area contributed by atoms with Crippen molar-refractivity contribution in [2.45, 2.75) is 59.0 Å². The third kappa shape index (κ3) is 4.52. The van der Waals surface area contributed by atoms with Crippen LogP contribution in [0.5, 0.6) is 0 Å². The molecule has 2 heterocycles. The van der Waals surface area contributed by atoms with E-state index in [1.54, 1.807) is 0 Å². The van der Waals surface area contributed by atoms with E-state index in [9.17, 15) is 0 Å². The minimum absolute atomic E-state index is 0.606. The summed E-state index contributed by atoms with van der Waals surface area (Å²) >= 11 is 2.12. The molecule has 1 saturated heterocycles. The summed E-state index contributed by atoms with van der Waals surface area (Å²) in [5, 5.41) is 8.27. The van der Waals surface area contributed by atoms with Crippen molar-refractivity contribution in [2.75, 3.05) is 18.1 Å². The third-order valence-electron chi connectivity index (χ3n) is 4.19. The Balaban J connectivity index is 1.96. The summed E-state index contributed by atoms with van der Waals surface area (Å²) in [5.41, 5.74) is 2.53. The average molecular weight is 295 g/mol. The Kier molecular flexibility index (Phi) is 6.43. The third-order valence-corrected chi connectivity index (χ3v) is 5.24. The van der Waals surface area contributed by atoms with Gasteiger partial charge in [0, 0.05) is 24.7 Å². The second-order valence-electron chi connectivity index (χ2n) is 5.84. The molecule has 2 rings (SSSR count). The van der Waals surface area contributed by atoms with E-state index >= 15 is 0 Å². The van der Waals surface area contributed by atoms with Crippen molar-refractivity contribution in [1.82, 2.24) is 15.1 Å². The lowest BCUT2D eigenvalue weighted by Gasteiger charge is -2.27. The van der Waals surface area contributed by atoms with E-state index < -0.39 is 0 Å². The summed E-state index contributed by atoms with van der Waals surface area (Å²) < 4.78 is 2.16. The fourth-order valence-corrected chi connectivity index (χ4v) is 4.41. The summed E-state index contributed by atoms with van der Waals surface area (Å²) in [4.78, 5) is 0. The summed E-state index contributed by atoms with van der Waals surface area (Å²) in [7, 11) is 0. The minimum Gasteiger partial charge on any atom is -0.314 e. The van der Waals surface area contributed by atoms with Gasteiger partial charge in [-0.3, -0.25) is 4.68 Å². The lowest BCUT2D eigenvalue weighted by molar-refractivity contribution is 0.361. The van der Waals surface area contributed by atoms with E-state index in [4.69, 9.17) is 0 Å². The topological polar surface area (TPSA) is 29.9 Å². The van der Waals surface area contributed by atoms with Crippen molar-refractivity contribution >= 4 is 11.8 Å². The second kappa shape index (κ2) is 8.08. The van der Waals surface area contributed by atoms with Crippen LogP contribution in [0.25, 0.3) is 0 Å². The number of rotatable bonds is 7. The zero-order valence-corrected chi connectivity index (χ0v) is 14.0. The van der Waals surface area contributed by atoms with Crippen LogP contribution in [0.1, 0.15) is 44.5 Å². The fraction of sp³-hybridized carbons (Fsp3) is 0.812. The normalized spacial score (nSPS) is 18.4. The Morgan fingerprint density at radius 2 is 2.15 bits per heavy atom. The Hall–Kier alpha value is -0.480. The van der Waals surface area contributed by atoms with Crippen LogP contribution in [0.3, 0.4) is 0 Å². The van der Waals surface area contributed by atoms with Gasteiger partial charge in [-0.25, -0.2) is 0 Å². The number of hydrogen-bond donors (Lipinski definition) is 1. The van der Waals surface area contributed by atoms with Gasteiger partial charge in [-0.2, -0.15) is 16.9 Å². The lowest BCUT2D eigenvalue weighted by atomic mass is 9.92. The lowest BCUT2D eigenvalue weighted by Crippen LogP contribution is -2.34. The van der Waals surface area contributed by atoms with Crippen LogP contribution < -0.4 is 5.32 Å². The van der Waals surface area contributed by atoms with Gasteiger partial charge in [-0.1, -0.05) is 6.92 Å². The summed E-state index contributed by atoms with van der Waals surface area (Å²) in [6, 6.07) is 2.86. The van der Waals surface area contributed by atoms with Gasteiger partial charge in [0.15, 0.2) is 0 Å². The zero-order valence-electron chi connectivity index (χ0n) is 13.2. The van der Waals surface area contributed by atoms with Gasteiger partial charge in [0.2, 0.25) is 0 Å². The van der Waals surface area contributed by atoms with Crippen molar-refractivity contribution in [3.8, 4) is 0 Å². The van der Waals surface area contributed by atoms with E-state index in [0.717, 1.165) is 31.1 Å². The zero-order chi connectivity index (χ0) is 14.4. The summed E-state index contributed by atoms with van der Waals surface area (Å²) in [6.45, 7) is 8.52. The standard InChI is InChI=1S/C16H29N3S/c1-4-17-15(11-14-6-8-20-9-7-14)12-16-10-13(3)18-19(16)5-2/h10,14-15,17H,4-9,11-12H2,1-3H3. The molecular weight excluding hydrogens is 266 g/mol. The van der Waals surface area contributed by atoms with Crippen LogP contribution in [0.4, 0.5) is 0 Å². The highest BCUT2D eigenvalue weighted by Crippen LogP contribution is 2.27. The van der Waals surface area contributed by atoms with Gasteiger partial charge in [-0.05, 0) is 63.1 Å². The van der Waals surface area contributed by atoms with E-state index in [2.05, 4.69) is 53.7 Å². The van der Waals surface area contributed by atoms with Crippen LogP contribution in [0.2, 0.25) is 0 Å². The smallest absolute Gasteiger partial charge is 0.0596 e. The molecule has 1 N–H and O–H groups in total. The molecule has 0 aliphatic carbocycles. The van der Waals surface area contributed by atoms with Crippen molar-refractivity contribution in [2.24, 2.45) is 5.92 Å². The molecule has 4 heteroatoms. The van der Waals surface area contributed by atoms with E-state index in [1.165, 1.54) is 36.5 Å². The van der Waals surface area contributed by atoms with Crippen molar-refractivity contribution in [3.05, 3.63) is 17.5 Å². The van der Waals surface area contributed by atoms with Crippen molar-refractivity contribution in [1.29, 1.82) is 0 Å². The fourth-order valence-electron chi connectivity index (χ4n) is 3.20. The molecule has 0 spiro atoms. The molecule has 114 valence electrons. The molecule has 20 heavy (non-hydrogen) atoms. The SMILES string of the molecule is CCNC(Cc1cc(C)nn1CC)CC1CCSCC1. The highest BCUT2D eigenvalue weighted by molar-refractivity contribution is 7.99. The Labute approximate surface area is 127 Å². The molecule has 1 aromatic rings.